The minimum atomic E-state index is -0.214. The van der Waals surface area contributed by atoms with Gasteiger partial charge in [0.2, 0.25) is 0 Å². The molecule has 3 nitrogen and oxygen atoms in total. The third-order valence-electron chi connectivity index (χ3n) is 4.73. The van der Waals surface area contributed by atoms with Gasteiger partial charge < -0.3 is 5.32 Å². The van der Waals surface area contributed by atoms with E-state index in [1.165, 1.54) is 43.0 Å². The number of para-hydroxylation sites is 1. The normalized spacial score (nSPS) is 18.5. The number of hydrogen-bond donors (Lipinski definition) is 1. The molecular formula is C17H20FN3. The minimum Gasteiger partial charge on any atom is -0.370 e. The lowest BCUT2D eigenvalue weighted by atomic mass is 9.81. The van der Waals surface area contributed by atoms with Crippen LogP contribution in [0.25, 0.3) is 5.69 Å². The van der Waals surface area contributed by atoms with Crippen LogP contribution in [-0.2, 0) is 6.42 Å². The Morgan fingerprint density at radius 1 is 1.14 bits per heavy atom. The number of halogens is 1. The van der Waals surface area contributed by atoms with E-state index in [1.807, 2.05) is 6.07 Å². The van der Waals surface area contributed by atoms with E-state index in [1.54, 1.807) is 16.8 Å². The van der Waals surface area contributed by atoms with E-state index in [4.69, 9.17) is 5.10 Å². The number of rotatable bonds is 2. The lowest BCUT2D eigenvalue weighted by Crippen LogP contribution is -2.12. The Balaban J connectivity index is 1.87. The van der Waals surface area contributed by atoms with Crippen LogP contribution in [0, 0.1) is 5.82 Å². The van der Waals surface area contributed by atoms with E-state index < -0.39 is 0 Å². The van der Waals surface area contributed by atoms with Gasteiger partial charge in [0.05, 0.1) is 5.69 Å². The molecule has 4 rings (SSSR count). The SMILES string of the molecule is Fc1ccccc1-n1nc(C2CCC2)c2c1NCCCC2. The molecule has 21 heavy (non-hydrogen) atoms. The molecule has 1 aromatic carbocycles. The fraction of sp³-hybridized carbons (Fsp3) is 0.471. The molecule has 0 unspecified atom stereocenters. The Hall–Kier alpha value is -1.84. The molecule has 1 fully saturated rings. The monoisotopic (exact) mass is 285 g/mol. The lowest BCUT2D eigenvalue weighted by molar-refractivity contribution is 0.406. The van der Waals surface area contributed by atoms with Crippen LogP contribution in [0.5, 0.6) is 0 Å². The first-order valence-electron chi connectivity index (χ1n) is 7.95. The van der Waals surface area contributed by atoms with Crippen molar-refractivity contribution >= 4 is 5.82 Å². The van der Waals surface area contributed by atoms with Gasteiger partial charge in [0.1, 0.15) is 17.3 Å². The predicted molar refractivity (Wildman–Crippen MR) is 81.5 cm³/mol. The number of hydrogen-bond acceptors (Lipinski definition) is 2. The summed E-state index contributed by atoms with van der Waals surface area (Å²) in [5, 5.41) is 8.28. The number of anilines is 1. The molecule has 1 saturated carbocycles. The third-order valence-corrected chi connectivity index (χ3v) is 4.73. The number of nitrogens with zero attached hydrogens (tertiary/aromatic N) is 2. The van der Waals surface area contributed by atoms with Crippen LogP contribution < -0.4 is 5.32 Å². The van der Waals surface area contributed by atoms with Crippen LogP contribution in [0.3, 0.4) is 0 Å². The van der Waals surface area contributed by atoms with E-state index in [9.17, 15) is 4.39 Å². The molecule has 1 aliphatic heterocycles. The average molecular weight is 285 g/mol. The zero-order chi connectivity index (χ0) is 14.2. The smallest absolute Gasteiger partial charge is 0.148 e. The predicted octanol–water partition coefficient (Wildman–Crippen LogP) is 4.03. The largest absolute Gasteiger partial charge is 0.370 e. The Labute approximate surface area is 124 Å². The molecule has 2 heterocycles. The molecule has 0 atom stereocenters. The molecule has 110 valence electrons. The lowest BCUT2D eigenvalue weighted by Gasteiger charge is -2.24. The third kappa shape index (κ3) is 2.13. The number of aromatic nitrogens is 2. The molecular weight excluding hydrogens is 265 g/mol. The summed E-state index contributed by atoms with van der Waals surface area (Å²) in [6.07, 6.45) is 7.14. The molecule has 0 saturated heterocycles. The van der Waals surface area contributed by atoms with Crippen LogP contribution in [-0.4, -0.2) is 16.3 Å². The quantitative estimate of drug-likeness (QED) is 0.903. The molecule has 2 aromatic rings. The molecule has 1 N–H and O–H groups in total. The highest BCUT2D eigenvalue weighted by Gasteiger charge is 2.29. The summed E-state index contributed by atoms with van der Waals surface area (Å²) in [5.74, 6) is 1.38. The second-order valence-electron chi connectivity index (χ2n) is 6.09. The Morgan fingerprint density at radius 2 is 2.00 bits per heavy atom. The summed E-state index contributed by atoms with van der Waals surface area (Å²) < 4.78 is 16.0. The Bertz CT molecular complexity index is 658. The molecule has 1 aromatic heterocycles. The van der Waals surface area contributed by atoms with Crippen LogP contribution in [0.1, 0.15) is 49.3 Å². The van der Waals surface area contributed by atoms with Gasteiger partial charge in [-0.2, -0.15) is 5.10 Å². The van der Waals surface area contributed by atoms with Crippen molar-refractivity contribution < 1.29 is 4.39 Å². The molecule has 0 bridgehead atoms. The van der Waals surface area contributed by atoms with E-state index in [0.717, 1.165) is 25.2 Å². The van der Waals surface area contributed by atoms with Crippen molar-refractivity contribution in [2.75, 3.05) is 11.9 Å². The standard InChI is InChI=1S/C17H20FN3/c18-14-9-1-2-10-15(14)21-17-13(8-3-4-11-19-17)16(20-21)12-6-5-7-12/h1-2,9-10,12,19H,3-8,11H2. The minimum absolute atomic E-state index is 0.214. The second-order valence-corrected chi connectivity index (χ2v) is 6.09. The van der Waals surface area contributed by atoms with Gasteiger partial charge in [0, 0.05) is 18.0 Å². The van der Waals surface area contributed by atoms with Crippen molar-refractivity contribution in [3.8, 4) is 5.69 Å². The first-order valence-corrected chi connectivity index (χ1v) is 7.95. The Morgan fingerprint density at radius 3 is 2.76 bits per heavy atom. The van der Waals surface area contributed by atoms with Crippen LogP contribution in [0.15, 0.2) is 24.3 Å². The molecule has 0 spiro atoms. The summed E-state index contributed by atoms with van der Waals surface area (Å²) in [7, 11) is 0. The van der Waals surface area contributed by atoms with Crippen LogP contribution in [0.2, 0.25) is 0 Å². The van der Waals surface area contributed by atoms with Gasteiger partial charge in [-0.3, -0.25) is 0 Å². The van der Waals surface area contributed by atoms with Gasteiger partial charge >= 0.3 is 0 Å². The highest BCUT2D eigenvalue weighted by molar-refractivity contribution is 5.55. The topological polar surface area (TPSA) is 29.9 Å². The van der Waals surface area contributed by atoms with Crippen molar-refractivity contribution in [2.45, 2.75) is 44.4 Å². The summed E-state index contributed by atoms with van der Waals surface area (Å²) in [5.41, 5.74) is 3.07. The molecule has 0 radical (unpaired) electrons. The maximum atomic E-state index is 14.2. The summed E-state index contributed by atoms with van der Waals surface area (Å²) in [6.45, 7) is 0.942. The number of fused-ring (bicyclic) bond motifs is 1. The van der Waals surface area contributed by atoms with E-state index >= 15 is 0 Å². The van der Waals surface area contributed by atoms with Crippen molar-refractivity contribution in [1.29, 1.82) is 0 Å². The van der Waals surface area contributed by atoms with Crippen molar-refractivity contribution in [2.24, 2.45) is 0 Å². The fourth-order valence-electron chi connectivity index (χ4n) is 3.34. The van der Waals surface area contributed by atoms with Gasteiger partial charge in [0.25, 0.3) is 0 Å². The van der Waals surface area contributed by atoms with Crippen molar-refractivity contribution in [3.63, 3.8) is 0 Å². The number of benzene rings is 1. The average Bonchev–Trinajstić information content (AvgIpc) is 2.63. The van der Waals surface area contributed by atoms with Gasteiger partial charge in [-0.1, -0.05) is 18.6 Å². The van der Waals surface area contributed by atoms with Crippen LogP contribution in [0.4, 0.5) is 10.2 Å². The van der Waals surface area contributed by atoms with Crippen LogP contribution >= 0.6 is 0 Å². The first-order chi connectivity index (χ1) is 10.3. The van der Waals surface area contributed by atoms with Gasteiger partial charge in [-0.05, 0) is 44.2 Å². The Kier molecular flexibility index (Phi) is 3.17. The van der Waals surface area contributed by atoms with Gasteiger partial charge in [-0.15, -0.1) is 0 Å². The molecule has 2 aliphatic rings. The highest BCUT2D eigenvalue weighted by atomic mass is 19.1. The zero-order valence-corrected chi connectivity index (χ0v) is 12.1. The zero-order valence-electron chi connectivity index (χ0n) is 12.1. The number of nitrogens with one attached hydrogen (secondary N) is 1. The molecule has 1 aliphatic carbocycles. The van der Waals surface area contributed by atoms with E-state index in [0.29, 0.717) is 11.6 Å². The maximum absolute atomic E-state index is 14.2. The summed E-state index contributed by atoms with van der Waals surface area (Å²) >= 11 is 0. The van der Waals surface area contributed by atoms with Crippen molar-refractivity contribution in [1.82, 2.24) is 9.78 Å². The second kappa shape index (κ2) is 5.17. The maximum Gasteiger partial charge on any atom is 0.148 e. The van der Waals surface area contributed by atoms with E-state index in [2.05, 4.69) is 5.32 Å². The highest BCUT2D eigenvalue weighted by Crippen LogP contribution is 2.41. The summed E-state index contributed by atoms with van der Waals surface area (Å²) in [6, 6.07) is 6.90. The molecule has 4 heteroatoms. The van der Waals surface area contributed by atoms with E-state index in [-0.39, 0.29) is 5.82 Å². The first kappa shape index (κ1) is 12.9. The fourth-order valence-corrected chi connectivity index (χ4v) is 3.34. The van der Waals surface area contributed by atoms with Gasteiger partial charge in [-0.25, -0.2) is 9.07 Å². The van der Waals surface area contributed by atoms with Gasteiger partial charge in [0.15, 0.2) is 0 Å². The molecule has 0 amide bonds. The van der Waals surface area contributed by atoms with Crippen molar-refractivity contribution in [3.05, 3.63) is 41.3 Å². The summed E-state index contributed by atoms with van der Waals surface area (Å²) in [4.78, 5) is 0.